The van der Waals surface area contributed by atoms with E-state index in [-0.39, 0.29) is 0 Å². The molecule has 1 nitrogen and oxygen atoms in total. The summed E-state index contributed by atoms with van der Waals surface area (Å²) >= 11 is 0. The molecule has 1 unspecified atom stereocenters. The Morgan fingerprint density at radius 2 is 1.53 bits per heavy atom. The fourth-order valence-corrected chi connectivity index (χ4v) is 1.05. The largest absolute Gasteiger partial charge is 0.456 e. The summed E-state index contributed by atoms with van der Waals surface area (Å²) in [6.07, 6.45) is -7.25. The van der Waals surface area contributed by atoms with Crippen molar-refractivity contribution in [3.05, 3.63) is 42.0 Å². The number of halogens is 5. The number of benzene rings is 1. The maximum Gasteiger partial charge on any atom is 0.456 e. The lowest BCUT2D eigenvalue weighted by Crippen LogP contribution is -2.46. The third kappa shape index (κ3) is 3.26. The first-order valence-corrected chi connectivity index (χ1v) is 4.61. The third-order valence-corrected chi connectivity index (χ3v) is 2.02. The number of rotatable bonds is 3. The molecular weight excluding hydrogens is 243 g/mol. The molecule has 17 heavy (non-hydrogen) atoms. The minimum Gasteiger partial charge on any atom is -0.382 e. The Balaban J connectivity index is 2.80. The highest BCUT2D eigenvalue weighted by molar-refractivity contribution is 5.49. The second kappa shape index (κ2) is 4.83. The van der Waals surface area contributed by atoms with E-state index < -0.39 is 18.2 Å². The molecular formula is C11H9F5O. The van der Waals surface area contributed by atoms with Crippen molar-refractivity contribution in [1.29, 1.82) is 0 Å². The summed E-state index contributed by atoms with van der Waals surface area (Å²) in [4.78, 5) is 0. The molecule has 0 aliphatic carbocycles. The number of hydrogen-bond acceptors (Lipinski definition) is 1. The van der Waals surface area contributed by atoms with E-state index in [2.05, 4.69) is 0 Å². The molecule has 0 saturated carbocycles. The number of hydrogen-bond donors (Lipinski definition) is 1. The molecule has 1 aromatic carbocycles. The van der Waals surface area contributed by atoms with Crippen molar-refractivity contribution in [3.63, 3.8) is 0 Å². The van der Waals surface area contributed by atoms with Gasteiger partial charge in [-0.2, -0.15) is 22.0 Å². The third-order valence-electron chi connectivity index (χ3n) is 2.02. The first-order chi connectivity index (χ1) is 7.75. The van der Waals surface area contributed by atoms with E-state index >= 15 is 0 Å². The van der Waals surface area contributed by atoms with E-state index in [1.54, 1.807) is 18.2 Å². The van der Waals surface area contributed by atoms with Gasteiger partial charge in [0.15, 0.2) is 0 Å². The second-order valence-corrected chi connectivity index (χ2v) is 3.34. The maximum atomic E-state index is 12.6. The zero-order chi connectivity index (χ0) is 13.1. The van der Waals surface area contributed by atoms with Gasteiger partial charge < -0.3 is 5.11 Å². The molecule has 0 heterocycles. The molecule has 0 aromatic heterocycles. The lowest BCUT2D eigenvalue weighted by atomic mass is 10.1. The zero-order valence-corrected chi connectivity index (χ0v) is 8.46. The van der Waals surface area contributed by atoms with Crippen LogP contribution in [0.1, 0.15) is 5.56 Å². The van der Waals surface area contributed by atoms with Gasteiger partial charge in [0, 0.05) is 0 Å². The lowest BCUT2D eigenvalue weighted by Gasteiger charge is -2.22. The highest BCUT2D eigenvalue weighted by Crippen LogP contribution is 2.38. The fraction of sp³-hybridized carbons (Fsp3) is 0.273. The molecule has 1 atom stereocenters. The average Bonchev–Trinajstić information content (AvgIpc) is 2.25. The van der Waals surface area contributed by atoms with Gasteiger partial charge in [0.1, 0.15) is 6.10 Å². The summed E-state index contributed by atoms with van der Waals surface area (Å²) < 4.78 is 60.8. The van der Waals surface area contributed by atoms with Gasteiger partial charge >= 0.3 is 12.1 Å². The van der Waals surface area contributed by atoms with E-state index in [9.17, 15) is 22.0 Å². The molecule has 0 aliphatic rings. The minimum atomic E-state index is -5.77. The van der Waals surface area contributed by atoms with Gasteiger partial charge in [-0.15, -0.1) is 0 Å². The summed E-state index contributed by atoms with van der Waals surface area (Å²) in [6.45, 7) is 0. The molecule has 1 rings (SSSR count). The molecule has 1 N–H and O–H groups in total. The molecule has 0 aliphatic heterocycles. The zero-order valence-electron chi connectivity index (χ0n) is 8.46. The topological polar surface area (TPSA) is 20.2 Å². The van der Waals surface area contributed by atoms with Gasteiger partial charge in [-0.3, -0.25) is 0 Å². The SMILES string of the molecule is OC(C=Cc1ccccc1)C(F)(F)C(F)(F)F. The van der Waals surface area contributed by atoms with Crippen LogP contribution < -0.4 is 0 Å². The first-order valence-electron chi connectivity index (χ1n) is 4.61. The summed E-state index contributed by atoms with van der Waals surface area (Å²) in [5.74, 6) is -5.15. The van der Waals surface area contributed by atoms with Gasteiger partial charge in [-0.25, -0.2) is 0 Å². The van der Waals surface area contributed by atoms with Crippen LogP contribution in [0.2, 0.25) is 0 Å². The Morgan fingerprint density at radius 3 is 2.00 bits per heavy atom. The lowest BCUT2D eigenvalue weighted by molar-refractivity contribution is -0.305. The van der Waals surface area contributed by atoms with E-state index in [1.165, 1.54) is 12.1 Å². The van der Waals surface area contributed by atoms with Crippen LogP contribution in [0.15, 0.2) is 36.4 Å². The maximum absolute atomic E-state index is 12.6. The van der Waals surface area contributed by atoms with Gasteiger partial charge in [-0.05, 0) is 11.6 Å². The monoisotopic (exact) mass is 252 g/mol. The van der Waals surface area contributed by atoms with E-state index in [0.29, 0.717) is 11.6 Å². The molecule has 0 saturated heterocycles. The van der Waals surface area contributed by atoms with Crippen LogP contribution in [-0.2, 0) is 0 Å². The van der Waals surface area contributed by atoms with Crippen LogP contribution in [0.5, 0.6) is 0 Å². The van der Waals surface area contributed by atoms with Gasteiger partial charge in [0.25, 0.3) is 0 Å². The van der Waals surface area contributed by atoms with Crippen LogP contribution in [0, 0.1) is 0 Å². The summed E-state index contributed by atoms with van der Waals surface area (Å²) in [5.41, 5.74) is 0.421. The molecule has 94 valence electrons. The van der Waals surface area contributed by atoms with Crippen molar-refractivity contribution in [2.24, 2.45) is 0 Å². The van der Waals surface area contributed by atoms with Crippen LogP contribution >= 0.6 is 0 Å². The van der Waals surface area contributed by atoms with Crippen molar-refractivity contribution in [3.8, 4) is 0 Å². The molecule has 1 aromatic rings. The number of aliphatic hydroxyl groups is 1. The molecule has 0 fully saturated rings. The molecule has 0 amide bonds. The van der Waals surface area contributed by atoms with Crippen molar-refractivity contribution in [1.82, 2.24) is 0 Å². The Bertz CT molecular complexity index is 383. The van der Waals surface area contributed by atoms with Crippen molar-refractivity contribution in [2.75, 3.05) is 0 Å². The van der Waals surface area contributed by atoms with Gasteiger partial charge in [-0.1, -0.05) is 36.4 Å². The summed E-state index contributed by atoms with van der Waals surface area (Å²) in [7, 11) is 0. The molecule has 0 radical (unpaired) electrons. The van der Waals surface area contributed by atoms with Crippen molar-refractivity contribution >= 4 is 6.08 Å². The Hall–Kier alpha value is -1.43. The smallest absolute Gasteiger partial charge is 0.382 e. The van der Waals surface area contributed by atoms with E-state index in [0.717, 1.165) is 6.08 Å². The highest BCUT2D eigenvalue weighted by Gasteiger charge is 2.61. The highest BCUT2D eigenvalue weighted by atomic mass is 19.4. The Morgan fingerprint density at radius 1 is 1.00 bits per heavy atom. The predicted octanol–water partition coefficient (Wildman–Crippen LogP) is 3.26. The van der Waals surface area contributed by atoms with Crippen molar-refractivity contribution in [2.45, 2.75) is 18.2 Å². The van der Waals surface area contributed by atoms with Crippen LogP contribution in [-0.4, -0.2) is 23.3 Å². The van der Waals surface area contributed by atoms with Crippen molar-refractivity contribution < 1.29 is 27.1 Å². The molecule has 0 bridgehead atoms. The van der Waals surface area contributed by atoms with Crippen LogP contribution in [0.3, 0.4) is 0 Å². The Kier molecular flexibility index (Phi) is 3.87. The number of aliphatic hydroxyl groups excluding tert-OH is 1. The number of alkyl halides is 5. The van der Waals surface area contributed by atoms with Gasteiger partial charge in [0.05, 0.1) is 0 Å². The first kappa shape index (κ1) is 13.6. The summed E-state index contributed by atoms with van der Waals surface area (Å²) in [5, 5.41) is 8.82. The molecule has 0 spiro atoms. The van der Waals surface area contributed by atoms with E-state index in [4.69, 9.17) is 5.11 Å². The molecule has 6 heteroatoms. The minimum absolute atomic E-state index is 0.419. The Labute approximate surface area is 94.2 Å². The van der Waals surface area contributed by atoms with Crippen LogP contribution in [0.25, 0.3) is 6.08 Å². The predicted molar refractivity (Wildman–Crippen MR) is 52.5 cm³/mol. The summed E-state index contributed by atoms with van der Waals surface area (Å²) in [6, 6.07) is 7.86. The standard InChI is InChI=1S/C11H9F5O/c12-10(13,11(14,15)16)9(17)7-6-8-4-2-1-3-5-8/h1-7,9,17H. The van der Waals surface area contributed by atoms with Gasteiger partial charge in [0.2, 0.25) is 0 Å². The quantitative estimate of drug-likeness (QED) is 0.818. The normalized spacial score (nSPS) is 15.2. The average molecular weight is 252 g/mol. The van der Waals surface area contributed by atoms with Crippen LogP contribution in [0.4, 0.5) is 22.0 Å². The van der Waals surface area contributed by atoms with E-state index in [1.807, 2.05) is 0 Å². The fourth-order valence-electron chi connectivity index (χ4n) is 1.05. The second-order valence-electron chi connectivity index (χ2n) is 3.34.